The highest BCUT2D eigenvalue weighted by molar-refractivity contribution is 7.09. The number of aryl methyl sites for hydroxylation is 1. The SMILES string of the molecule is CC(=O)N1CCCC(c2nsc(Nc3ncc(C(F)(F)F)cc3Oc3cccnc3C)n2)CC1.Cl. The zero-order valence-corrected chi connectivity index (χ0v) is 20.6. The lowest BCUT2D eigenvalue weighted by atomic mass is 10.0. The fourth-order valence-electron chi connectivity index (χ4n) is 3.69. The second-order valence-corrected chi connectivity index (χ2v) is 8.73. The van der Waals surface area contributed by atoms with E-state index < -0.39 is 11.7 Å². The first-order chi connectivity index (χ1) is 16.2. The lowest BCUT2D eigenvalue weighted by Gasteiger charge is -2.17. The molecular formula is C22H24ClF3N6O2S. The molecule has 188 valence electrons. The summed E-state index contributed by atoms with van der Waals surface area (Å²) in [5.74, 6) is 1.11. The number of hydrogen-bond acceptors (Lipinski definition) is 8. The van der Waals surface area contributed by atoms with E-state index in [1.807, 2.05) is 4.90 Å². The van der Waals surface area contributed by atoms with E-state index in [9.17, 15) is 18.0 Å². The van der Waals surface area contributed by atoms with E-state index in [2.05, 4.69) is 24.6 Å². The van der Waals surface area contributed by atoms with Gasteiger partial charge in [0.05, 0.1) is 11.3 Å². The first-order valence-electron chi connectivity index (χ1n) is 10.7. The van der Waals surface area contributed by atoms with Gasteiger partial charge < -0.3 is 15.0 Å². The average molecular weight is 529 g/mol. The topological polar surface area (TPSA) is 93.1 Å². The van der Waals surface area contributed by atoms with Gasteiger partial charge >= 0.3 is 6.18 Å². The predicted octanol–water partition coefficient (Wildman–Crippen LogP) is 5.73. The van der Waals surface area contributed by atoms with Crippen molar-refractivity contribution in [2.45, 2.75) is 45.2 Å². The van der Waals surface area contributed by atoms with Crippen LogP contribution in [-0.2, 0) is 11.0 Å². The average Bonchev–Trinajstić information content (AvgIpc) is 3.10. The lowest BCUT2D eigenvalue weighted by Crippen LogP contribution is -2.29. The fraction of sp³-hybridized carbons (Fsp3) is 0.409. The van der Waals surface area contributed by atoms with E-state index in [-0.39, 0.29) is 35.8 Å². The van der Waals surface area contributed by atoms with Crippen LogP contribution in [0.1, 0.15) is 49.2 Å². The number of rotatable bonds is 5. The number of hydrogen-bond donors (Lipinski definition) is 1. The van der Waals surface area contributed by atoms with E-state index in [0.29, 0.717) is 35.5 Å². The first kappa shape index (κ1) is 26.6. The molecule has 1 N–H and O–H groups in total. The molecule has 0 aromatic carbocycles. The van der Waals surface area contributed by atoms with Crippen LogP contribution in [0.5, 0.6) is 11.5 Å². The summed E-state index contributed by atoms with van der Waals surface area (Å²) >= 11 is 1.10. The third kappa shape index (κ3) is 6.57. The summed E-state index contributed by atoms with van der Waals surface area (Å²) in [6, 6.07) is 4.14. The van der Waals surface area contributed by atoms with Gasteiger partial charge in [-0.3, -0.25) is 9.78 Å². The van der Waals surface area contributed by atoms with E-state index >= 15 is 0 Å². The summed E-state index contributed by atoms with van der Waals surface area (Å²) in [5.41, 5.74) is -0.405. The Labute approximate surface area is 210 Å². The molecule has 8 nitrogen and oxygen atoms in total. The van der Waals surface area contributed by atoms with Gasteiger partial charge in [0.15, 0.2) is 11.6 Å². The number of amides is 1. The van der Waals surface area contributed by atoms with Crippen LogP contribution in [-0.4, -0.2) is 43.2 Å². The lowest BCUT2D eigenvalue weighted by molar-refractivity contribution is -0.138. The van der Waals surface area contributed by atoms with Gasteiger partial charge in [-0.2, -0.15) is 17.5 Å². The number of aromatic nitrogens is 4. The van der Waals surface area contributed by atoms with Crippen LogP contribution in [0, 0.1) is 6.92 Å². The quantitative estimate of drug-likeness (QED) is 0.452. The molecule has 0 spiro atoms. The molecule has 1 fully saturated rings. The van der Waals surface area contributed by atoms with Crippen molar-refractivity contribution in [2.24, 2.45) is 0 Å². The van der Waals surface area contributed by atoms with Crippen molar-refractivity contribution in [1.29, 1.82) is 0 Å². The Hall–Kier alpha value is -2.99. The smallest absolute Gasteiger partial charge is 0.418 e. The van der Waals surface area contributed by atoms with Crippen LogP contribution in [0.2, 0.25) is 0 Å². The second kappa shape index (κ2) is 11.2. The van der Waals surface area contributed by atoms with E-state index in [1.165, 1.54) is 0 Å². The van der Waals surface area contributed by atoms with Gasteiger partial charge in [0, 0.05) is 49.9 Å². The Morgan fingerprint density at radius 3 is 2.74 bits per heavy atom. The molecule has 1 unspecified atom stereocenters. The minimum Gasteiger partial charge on any atom is -0.452 e. The fourth-order valence-corrected chi connectivity index (χ4v) is 4.34. The third-order valence-electron chi connectivity index (χ3n) is 5.56. The number of pyridine rings is 2. The Morgan fingerprint density at radius 2 is 2.03 bits per heavy atom. The first-order valence-corrected chi connectivity index (χ1v) is 11.5. The second-order valence-electron chi connectivity index (χ2n) is 7.97. The largest absolute Gasteiger partial charge is 0.452 e. The van der Waals surface area contributed by atoms with Crippen LogP contribution in [0.3, 0.4) is 0 Å². The summed E-state index contributed by atoms with van der Waals surface area (Å²) in [5, 5.41) is 3.34. The maximum atomic E-state index is 13.3. The molecule has 0 saturated carbocycles. The minimum absolute atomic E-state index is 0. The molecule has 0 radical (unpaired) electrons. The molecule has 0 aliphatic carbocycles. The maximum Gasteiger partial charge on any atom is 0.418 e. The third-order valence-corrected chi connectivity index (χ3v) is 6.21. The van der Waals surface area contributed by atoms with Gasteiger partial charge in [0.25, 0.3) is 0 Å². The number of nitrogens with zero attached hydrogens (tertiary/aromatic N) is 5. The molecule has 1 amide bonds. The number of carbonyl (C=O) groups excluding carboxylic acids is 1. The summed E-state index contributed by atoms with van der Waals surface area (Å²) < 4.78 is 50.1. The number of anilines is 2. The molecule has 0 bridgehead atoms. The van der Waals surface area contributed by atoms with Crippen molar-refractivity contribution in [1.82, 2.24) is 24.2 Å². The molecule has 1 aliphatic rings. The van der Waals surface area contributed by atoms with E-state index in [4.69, 9.17) is 4.74 Å². The van der Waals surface area contributed by atoms with Gasteiger partial charge in [-0.25, -0.2) is 9.97 Å². The van der Waals surface area contributed by atoms with Crippen molar-refractivity contribution in [3.05, 3.63) is 47.7 Å². The molecular weight excluding hydrogens is 505 g/mol. The number of nitrogens with one attached hydrogen (secondary N) is 1. The van der Waals surface area contributed by atoms with Gasteiger partial charge in [0.1, 0.15) is 11.6 Å². The van der Waals surface area contributed by atoms with E-state index in [1.54, 1.807) is 32.2 Å². The van der Waals surface area contributed by atoms with Crippen molar-refractivity contribution < 1.29 is 22.7 Å². The molecule has 1 atom stereocenters. The Kier molecular flexibility index (Phi) is 8.49. The van der Waals surface area contributed by atoms with Gasteiger partial charge in [-0.15, -0.1) is 12.4 Å². The van der Waals surface area contributed by atoms with Gasteiger partial charge in [0.2, 0.25) is 11.0 Å². The molecule has 35 heavy (non-hydrogen) atoms. The molecule has 1 saturated heterocycles. The zero-order valence-electron chi connectivity index (χ0n) is 19.0. The van der Waals surface area contributed by atoms with Crippen molar-refractivity contribution in [3.63, 3.8) is 0 Å². The molecule has 4 rings (SSSR count). The number of carbonyl (C=O) groups is 1. The van der Waals surface area contributed by atoms with E-state index in [0.717, 1.165) is 43.1 Å². The summed E-state index contributed by atoms with van der Waals surface area (Å²) in [6.07, 6.45) is 0.203. The van der Waals surface area contributed by atoms with Crippen molar-refractivity contribution in [2.75, 3.05) is 18.4 Å². The Morgan fingerprint density at radius 1 is 1.23 bits per heavy atom. The minimum atomic E-state index is -4.57. The van der Waals surface area contributed by atoms with Crippen LogP contribution in [0.4, 0.5) is 24.1 Å². The monoisotopic (exact) mass is 528 g/mol. The van der Waals surface area contributed by atoms with Crippen LogP contribution >= 0.6 is 23.9 Å². The standard InChI is InChI=1S/C22H23F3N6O2S.ClH/c1-13-17(6-3-8-26-13)33-18-11-16(22(23,24)25)12-27-20(18)29-21-28-19(30-34-21)15-5-4-9-31(10-7-15)14(2)32;/h3,6,8,11-12,15H,4-5,7,9-10H2,1-2H3,(H,27,28,29,30);1H. The molecule has 3 aromatic rings. The van der Waals surface area contributed by atoms with Crippen molar-refractivity contribution in [3.8, 4) is 11.5 Å². The van der Waals surface area contributed by atoms with Crippen LogP contribution < -0.4 is 10.1 Å². The summed E-state index contributed by atoms with van der Waals surface area (Å²) in [6.45, 7) is 4.61. The summed E-state index contributed by atoms with van der Waals surface area (Å²) in [4.78, 5) is 26.1. The maximum absolute atomic E-state index is 13.3. The number of halogens is 4. The number of ether oxygens (including phenoxy) is 1. The molecule has 1 aliphatic heterocycles. The Bertz CT molecular complexity index is 1180. The molecule has 13 heteroatoms. The number of alkyl halides is 3. The Balaban J connectivity index is 0.00000342. The van der Waals surface area contributed by atoms with Crippen LogP contribution in [0.25, 0.3) is 0 Å². The highest BCUT2D eigenvalue weighted by atomic mass is 35.5. The van der Waals surface area contributed by atoms with Crippen LogP contribution in [0.15, 0.2) is 30.6 Å². The van der Waals surface area contributed by atoms with Crippen molar-refractivity contribution >= 4 is 40.8 Å². The molecule has 3 aromatic heterocycles. The van der Waals surface area contributed by atoms with Gasteiger partial charge in [-0.1, -0.05) is 0 Å². The normalized spacial score (nSPS) is 16.3. The highest BCUT2D eigenvalue weighted by Gasteiger charge is 2.32. The summed E-state index contributed by atoms with van der Waals surface area (Å²) in [7, 11) is 0. The highest BCUT2D eigenvalue weighted by Crippen LogP contribution is 2.38. The number of likely N-dealkylation sites (tertiary alicyclic amines) is 1. The van der Waals surface area contributed by atoms with Gasteiger partial charge in [-0.05, 0) is 44.4 Å². The predicted molar refractivity (Wildman–Crippen MR) is 128 cm³/mol. The zero-order chi connectivity index (χ0) is 24.3. The molecule has 4 heterocycles.